The van der Waals surface area contributed by atoms with Crippen LogP contribution in [0.2, 0.25) is 10.0 Å². The second-order valence-corrected chi connectivity index (χ2v) is 4.24. The lowest BCUT2D eigenvalue weighted by atomic mass is 10.0. The van der Waals surface area contributed by atoms with Gasteiger partial charge in [-0.25, -0.2) is 0 Å². The maximum absolute atomic E-state index is 9.76. The first kappa shape index (κ1) is 11.8. The summed E-state index contributed by atoms with van der Waals surface area (Å²) >= 11 is 11.8. The van der Waals surface area contributed by atoms with E-state index in [1.807, 2.05) is 6.92 Å². The molecular weight excluding hydrogens is 221 g/mol. The van der Waals surface area contributed by atoms with Crippen molar-refractivity contribution in [3.05, 3.63) is 33.3 Å². The SMILES string of the molecule is Cc1cc(Cl)c(Cl)c([C@@H](O)[C@H](C)N)c1. The molecule has 0 spiro atoms. The Morgan fingerprint density at radius 3 is 2.43 bits per heavy atom. The summed E-state index contributed by atoms with van der Waals surface area (Å²) in [5.41, 5.74) is 7.13. The van der Waals surface area contributed by atoms with E-state index in [9.17, 15) is 5.11 Å². The van der Waals surface area contributed by atoms with Gasteiger partial charge in [-0.2, -0.15) is 0 Å². The van der Waals surface area contributed by atoms with Gasteiger partial charge >= 0.3 is 0 Å². The molecule has 1 rings (SSSR count). The van der Waals surface area contributed by atoms with E-state index < -0.39 is 6.10 Å². The van der Waals surface area contributed by atoms with E-state index in [0.29, 0.717) is 15.6 Å². The van der Waals surface area contributed by atoms with Gasteiger partial charge in [-0.3, -0.25) is 0 Å². The van der Waals surface area contributed by atoms with E-state index in [0.717, 1.165) is 5.56 Å². The van der Waals surface area contributed by atoms with Gasteiger partial charge < -0.3 is 10.8 Å². The second kappa shape index (κ2) is 4.49. The number of hydrogen-bond donors (Lipinski definition) is 2. The van der Waals surface area contributed by atoms with Crippen molar-refractivity contribution in [1.29, 1.82) is 0 Å². The molecule has 0 aliphatic rings. The Labute approximate surface area is 93.6 Å². The summed E-state index contributed by atoms with van der Waals surface area (Å²) in [5, 5.41) is 10.6. The molecule has 1 aromatic rings. The molecule has 78 valence electrons. The van der Waals surface area contributed by atoms with Gasteiger partial charge in [0.1, 0.15) is 0 Å². The number of aryl methyl sites for hydroxylation is 1. The molecule has 0 heterocycles. The molecule has 0 aliphatic carbocycles. The highest BCUT2D eigenvalue weighted by molar-refractivity contribution is 6.42. The highest BCUT2D eigenvalue weighted by atomic mass is 35.5. The minimum Gasteiger partial charge on any atom is -0.387 e. The van der Waals surface area contributed by atoms with Crippen LogP contribution in [0, 0.1) is 6.92 Å². The van der Waals surface area contributed by atoms with E-state index in [1.165, 1.54) is 0 Å². The number of hydrogen-bond acceptors (Lipinski definition) is 2. The van der Waals surface area contributed by atoms with Crippen LogP contribution in [0.25, 0.3) is 0 Å². The average molecular weight is 234 g/mol. The van der Waals surface area contributed by atoms with Gasteiger partial charge in [0.15, 0.2) is 0 Å². The van der Waals surface area contributed by atoms with Gasteiger partial charge in [0, 0.05) is 11.6 Å². The quantitative estimate of drug-likeness (QED) is 0.826. The van der Waals surface area contributed by atoms with Crippen molar-refractivity contribution in [2.45, 2.75) is 26.0 Å². The number of benzene rings is 1. The van der Waals surface area contributed by atoms with E-state index in [-0.39, 0.29) is 6.04 Å². The second-order valence-electron chi connectivity index (χ2n) is 3.45. The number of rotatable bonds is 2. The van der Waals surface area contributed by atoms with Gasteiger partial charge in [-0.05, 0) is 25.5 Å². The molecule has 0 aliphatic heterocycles. The highest BCUT2D eigenvalue weighted by Gasteiger charge is 2.17. The zero-order valence-electron chi connectivity index (χ0n) is 8.09. The number of halogens is 2. The number of aliphatic hydroxyl groups excluding tert-OH is 1. The minimum absolute atomic E-state index is 0.370. The predicted molar refractivity (Wildman–Crippen MR) is 59.8 cm³/mol. The van der Waals surface area contributed by atoms with Crippen molar-refractivity contribution in [2.24, 2.45) is 5.73 Å². The normalized spacial score (nSPS) is 15.3. The molecule has 14 heavy (non-hydrogen) atoms. The standard InChI is InChI=1S/C10H13Cl2NO/c1-5-3-7(10(14)6(2)13)9(12)8(11)4-5/h3-4,6,10,14H,13H2,1-2H3/t6-,10-/m0/s1. The molecule has 0 radical (unpaired) electrons. The Balaban J connectivity index is 3.20. The lowest BCUT2D eigenvalue weighted by Crippen LogP contribution is -2.24. The fourth-order valence-electron chi connectivity index (χ4n) is 1.25. The molecule has 0 saturated heterocycles. The van der Waals surface area contributed by atoms with Crippen LogP contribution in [0.5, 0.6) is 0 Å². The van der Waals surface area contributed by atoms with E-state index in [2.05, 4.69) is 0 Å². The van der Waals surface area contributed by atoms with Gasteiger partial charge in [0.2, 0.25) is 0 Å². The number of aliphatic hydroxyl groups is 1. The summed E-state index contributed by atoms with van der Waals surface area (Å²) in [4.78, 5) is 0. The van der Waals surface area contributed by atoms with Gasteiger partial charge in [-0.15, -0.1) is 0 Å². The zero-order valence-corrected chi connectivity index (χ0v) is 9.60. The predicted octanol–water partition coefficient (Wildman–Crippen LogP) is 2.68. The maximum atomic E-state index is 9.76. The fourth-order valence-corrected chi connectivity index (χ4v) is 1.75. The van der Waals surface area contributed by atoms with E-state index in [1.54, 1.807) is 19.1 Å². The van der Waals surface area contributed by atoms with E-state index in [4.69, 9.17) is 28.9 Å². The summed E-state index contributed by atoms with van der Waals surface area (Å²) in [6.45, 7) is 3.61. The molecule has 0 fully saturated rings. The summed E-state index contributed by atoms with van der Waals surface area (Å²) < 4.78 is 0. The average Bonchev–Trinajstić information content (AvgIpc) is 2.09. The van der Waals surface area contributed by atoms with Gasteiger partial charge in [-0.1, -0.05) is 29.3 Å². The van der Waals surface area contributed by atoms with Crippen LogP contribution in [0.3, 0.4) is 0 Å². The first-order valence-electron chi connectivity index (χ1n) is 4.32. The molecule has 0 bridgehead atoms. The summed E-state index contributed by atoms with van der Waals surface area (Å²) in [7, 11) is 0. The van der Waals surface area contributed by atoms with Crippen molar-refractivity contribution < 1.29 is 5.11 Å². The van der Waals surface area contributed by atoms with Gasteiger partial charge in [0.05, 0.1) is 16.1 Å². The van der Waals surface area contributed by atoms with Crippen LogP contribution in [0.1, 0.15) is 24.2 Å². The van der Waals surface area contributed by atoms with Crippen molar-refractivity contribution in [2.75, 3.05) is 0 Å². The lowest BCUT2D eigenvalue weighted by molar-refractivity contribution is 0.153. The van der Waals surface area contributed by atoms with Crippen LogP contribution in [0.15, 0.2) is 12.1 Å². The third-order valence-corrected chi connectivity index (χ3v) is 2.83. The molecular formula is C10H13Cl2NO. The van der Waals surface area contributed by atoms with Crippen LogP contribution in [-0.4, -0.2) is 11.1 Å². The molecule has 1 aromatic carbocycles. The summed E-state index contributed by atoms with van der Waals surface area (Å²) in [6, 6.07) is 3.18. The lowest BCUT2D eigenvalue weighted by Gasteiger charge is -2.17. The first-order chi connectivity index (χ1) is 6.43. The molecule has 0 saturated carbocycles. The van der Waals surface area contributed by atoms with Crippen LogP contribution in [0.4, 0.5) is 0 Å². The van der Waals surface area contributed by atoms with E-state index >= 15 is 0 Å². The van der Waals surface area contributed by atoms with Crippen LogP contribution >= 0.6 is 23.2 Å². The zero-order chi connectivity index (χ0) is 10.9. The molecule has 4 heteroatoms. The Hall–Kier alpha value is -0.280. The summed E-state index contributed by atoms with van der Waals surface area (Å²) in [6.07, 6.45) is -0.778. The molecule has 2 atom stereocenters. The molecule has 0 amide bonds. The van der Waals surface area contributed by atoms with Crippen molar-refractivity contribution in [3.63, 3.8) is 0 Å². The molecule has 2 nitrogen and oxygen atoms in total. The maximum Gasteiger partial charge on any atom is 0.0953 e. The Bertz CT molecular complexity index is 339. The minimum atomic E-state index is -0.778. The number of nitrogens with two attached hydrogens (primary N) is 1. The Morgan fingerprint density at radius 1 is 1.36 bits per heavy atom. The Kier molecular flexibility index (Phi) is 3.78. The highest BCUT2D eigenvalue weighted by Crippen LogP contribution is 2.32. The smallest absolute Gasteiger partial charge is 0.0953 e. The molecule has 3 N–H and O–H groups in total. The monoisotopic (exact) mass is 233 g/mol. The van der Waals surface area contributed by atoms with Crippen LogP contribution in [-0.2, 0) is 0 Å². The fraction of sp³-hybridized carbons (Fsp3) is 0.400. The third-order valence-electron chi connectivity index (χ3n) is 2.02. The van der Waals surface area contributed by atoms with Crippen molar-refractivity contribution in [1.82, 2.24) is 0 Å². The molecule has 0 unspecified atom stereocenters. The Morgan fingerprint density at radius 2 is 1.93 bits per heavy atom. The first-order valence-corrected chi connectivity index (χ1v) is 5.08. The van der Waals surface area contributed by atoms with Crippen molar-refractivity contribution in [3.8, 4) is 0 Å². The third kappa shape index (κ3) is 2.39. The van der Waals surface area contributed by atoms with Crippen molar-refractivity contribution >= 4 is 23.2 Å². The topological polar surface area (TPSA) is 46.2 Å². The van der Waals surface area contributed by atoms with Crippen LogP contribution < -0.4 is 5.73 Å². The van der Waals surface area contributed by atoms with Gasteiger partial charge in [0.25, 0.3) is 0 Å². The largest absolute Gasteiger partial charge is 0.387 e. The molecule has 0 aromatic heterocycles. The summed E-state index contributed by atoms with van der Waals surface area (Å²) in [5.74, 6) is 0.